The van der Waals surface area contributed by atoms with Gasteiger partial charge in [0.2, 0.25) is 0 Å². The van der Waals surface area contributed by atoms with Gasteiger partial charge in [-0.05, 0) is 30.3 Å². The predicted molar refractivity (Wildman–Crippen MR) is 116 cm³/mol. The maximum atomic E-state index is 15.0. The predicted octanol–water partition coefficient (Wildman–Crippen LogP) is 3.97. The third-order valence-corrected chi connectivity index (χ3v) is 6.25. The zero-order valence-corrected chi connectivity index (χ0v) is 17.6. The number of fused-ring (bicyclic) bond motifs is 1. The summed E-state index contributed by atoms with van der Waals surface area (Å²) in [6.07, 6.45) is 1.53. The van der Waals surface area contributed by atoms with Crippen LogP contribution in [0.4, 0.5) is 10.1 Å². The van der Waals surface area contributed by atoms with Crippen molar-refractivity contribution in [2.24, 2.45) is 5.92 Å². The van der Waals surface area contributed by atoms with Gasteiger partial charge in [0.15, 0.2) is 0 Å². The van der Waals surface area contributed by atoms with Crippen LogP contribution in [0, 0.1) is 11.7 Å². The second kappa shape index (κ2) is 7.97. The number of anilines is 1. The number of piperazine rings is 1. The van der Waals surface area contributed by atoms with Crippen molar-refractivity contribution in [2.75, 3.05) is 50.8 Å². The van der Waals surface area contributed by atoms with Gasteiger partial charge in [0.25, 0.3) is 0 Å². The molecule has 0 amide bonds. The fourth-order valence-corrected chi connectivity index (χ4v) is 4.46. The van der Waals surface area contributed by atoms with Crippen LogP contribution < -0.4 is 4.90 Å². The van der Waals surface area contributed by atoms with Gasteiger partial charge in [0.05, 0.1) is 30.1 Å². The first-order chi connectivity index (χ1) is 14.2. The molecule has 0 saturated carbocycles. The molecule has 7 heteroatoms. The average Bonchev–Trinajstić information content (AvgIpc) is 2.71. The van der Waals surface area contributed by atoms with Crippen molar-refractivity contribution in [3.05, 3.63) is 53.0 Å². The second-order valence-corrected chi connectivity index (χ2v) is 8.66. The van der Waals surface area contributed by atoms with E-state index in [-0.39, 0.29) is 5.82 Å². The SMILES string of the molecule is Fc1cc(-c2ncnc3ccc(Br)cc23)ccc1N1CCN(CC2COC2)CC1. The minimum absolute atomic E-state index is 0.204. The quantitative estimate of drug-likeness (QED) is 0.593. The molecule has 150 valence electrons. The highest BCUT2D eigenvalue weighted by atomic mass is 79.9. The number of hydrogen-bond donors (Lipinski definition) is 0. The van der Waals surface area contributed by atoms with Crippen LogP contribution in [0.25, 0.3) is 22.2 Å². The minimum Gasteiger partial charge on any atom is -0.381 e. The van der Waals surface area contributed by atoms with Crippen molar-refractivity contribution in [1.82, 2.24) is 14.9 Å². The topological polar surface area (TPSA) is 41.5 Å². The number of rotatable bonds is 4. The summed E-state index contributed by atoms with van der Waals surface area (Å²) in [5.74, 6) is 0.463. The van der Waals surface area contributed by atoms with Crippen LogP contribution in [0.15, 0.2) is 47.2 Å². The third kappa shape index (κ3) is 3.86. The largest absolute Gasteiger partial charge is 0.381 e. The van der Waals surface area contributed by atoms with Crippen LogP contribution in [-0.4, -0.2) is 60.8 Å². The van der Waals surface area contributed by atoms with Gasteiger partial charge >= 0.3 is 0 Å². The molecule has 2 aliphatic rings. The van der Waals surface area contributed by atoms with E-state index in [0.29, 0.717) is 11.6 Å². The number of benzene rings is 2. The molecule has 2 saturated heterocycles. The zero-order valence-electron chi connectivity index (χ0n) is 16.0. The molecule has 29 heavy (non-hydrogen) atoms. The maximum Gasteiger partial charge on any atom is 0.147 e. The van der Waals surface area contributed by atoms with Gasteiger partial charge in [-0.2, -0.15) is 0 Å². The Kier molecular flexibility index (Phi) is 5.20. The fraction of sp³-hybridized carbons (Fsp3) is 0.364. The van der Waals surface area contributed by atoms with Crippen LogP contribution in [0.3, 0.4) is 0 Å². The maximum absolute atomic E-state index is 15.0. The summed E-state index contributed by atoms with van der Waals surface area (Å²) in [6.45, 7) is 6.45. The molecule has 5 nitrogen and oxygen atoms in total. The van der Waals surface area contributed by atoms with E-state index in [9.17, 15) is 0 Å². The molecule has 2 aliphatic heterocycles. The average molecular weight is 457 g/mol. The Morgan fingerprint density at radius 2 is 1.86 bits per heavy atom. The smallest absolute Gasteiger partial charge is 0.147 e. The molecule has 0 radical (unpaired) electrons. The van der Waals surface area contributed by atoms with Gasteiger partial charge < -0.3 is 9.64 Å². The molecule has 0 atom stereocenters. The molecule has 2 fully saturated rings. The molecule has 5 rings (SSSR count). The minimum atomic E-state index is -0.204. The third-order valence-electron chi connectivity index (χ3n) is 5.75. The summed E-state index contributed by atoms with van der Waals surface area (Å²) in [4.78, 5) is 13.3. The lowest BCUT2D eigenvalue weighted by Crippen LogP contribution is -2.50. The highest BCUT2D eigenvalue weighted by molar-refractivity contribution is 9.10. The number of halogens is 2. The first kappa shape index (κ1) is 18.9. The normalized spacial score (nSPS) is 18.2. The zero-order chi connectivity index (χ0) is 19.8. The van der Waals surface area contributed by atoms with Crippen molar-refractivity contribution in [3.8, 4) is 11.3 Å². The van der Waals surface area contributed by atoms with E-state index >= 15 is 4.39 Å². The fourth-order valence-electron chi connectivity index (χ4n) is 4.10. The van der Waals surface area contributed by atoms with Gasteiger partial charge in [-0.25, -0.2) is 14.4 Å². The van der Waals surface area contributed by atoms with Crippen LogP contribution in [0.2, 0.25) is 0 Å². The molecule has 1 aromatic heterocycles. The van der Waals surface area contributed by atoms with E-state index in [1.54, 1.807) is 6.07 Å². The standard InChI is InChI=1S/C22H22BrFN4O/c23-17-2-3-20-18(10-17)22(26-14-25-20)16-1-4-21(19(24)9-16)28-7-5-27(6-8-28)11-15-12-29-13-15/h1-4,9-10,14-15H,5-8,11-13H2. The summed E-state index contributed by atoms with van der Waals surface area (Å²) < 4.78 is 21.3. The Hall–Kier alpha value is -2.09. The lowest BCUT2D eigenvalue weighted by Gasteiger charge is -2.39. The number of aromatic nitrogens is 2. The highest BCUT2D eigenvalue weighted by Crippen LogP contribution is 2.31. The van der Waals surface area contributed by atoms with Crippen LogP contribution in [0.5, 0.6) is 0 Å². The summed E-state index contributed by atoms with van der Waals surface area (Å²) >= 11 is 3.50. The second-order valence-electron chi connectivity index (χ2n) is 7.74. The van der Waals surface area contributed by atoms with E-state index < -0.39 is 0 Å². The van der Waals surface area contributed by atoms with E-state index in [4.69, 9.17) is 4.74 Å². The Bertz CT molecular complexity index is 1030. The van der Waals surface area contributed by atoms with Crippen molar-refractivity contribution in [2.45, 2.75) is 0 Å². The van der Waals surface area contributed by atoms with Gasteiger partial charge in [-0.1, -0.05) is 22.0 Å². The summed E-state index contributed by atoms with van der Waals surface area (Å²) in [6, 6.07) is 11.3. The first-order valence-electron chi connectivity index (χ1n) is 9.92. The van der Waals surface area contributed by atoms with Crippen molar-refractivity contribution < 1.29 is 9.13 Å². The van der Waals surface area contributed by atoms with Crippen LogP contribution in [-0.2, 0) is 4.74 Å². The highest BCUT2D eigenvalue weighted by Gasteiger charge is 2.25. The molecule has 3 aromatic rings. The lowest BCUT2D eigenvalue weighted by molar-refractivity contribution is -0.0469. The number of ether oxygens (including phenoxy) is 1. The van der Waals surface area contributed by atoms with Crippen molar-refractivity contribution in [1.29, 1.82) is 0 Å². The van der Waals surface area contributed by atoms with E-state index in [1.165, 1.54) is 6.33 Å². The Labute approximate surface area is 177 Å². The van der Waals surface area contributed by atoms with Crippen molar-refractivity contribution in [3.63, 3.8) is 0 Å². The van der Waals surface area contributed by atoms with Crippen LogP contribution in [0.1, 0.15) is 0 Å². The van der Waals surface area contributed by atoms with E-state index in [1.807, 2.05) is 30.3 Å². The van der Waals surface area contributed by atoms with Gasteiger partial charge in [-0.3, -0.25) is 4.90 Å². The summed E-state index contributed by atoms with van der Waals surface area (Å²) in [5, 5.41) is 0.905. The van der Waals surface area contributed by atoms with Gasteiger partial charge in [0, 0.05) is 54.1 Å². The number of nitrogens with zero attached hydrogens (tertiary/aromatic N) is 4. The summed E-state index contributed by atoms with van der Waals surface area (Å²) in [5.41, 5.74) is 3.02. The Morgan fingerprint density at radius 1 is 1.03 bits per heavy atom. The molecule has 0 aliphatic carbocycles. The molecule has 3 heterocycles. The molecule has 0 unspecified atom stereocenters. The lowest BCUT2D eigenvalue weighted by atomic mass is 10.0. The number of hydrogen-bond acceptors (Lipinski definition) is 5. The van der Waals surface area contributed by atoms with Crippen LogP contribution >= 0.6 is 15.9 Å². The van der Waals surface area contributed by atoms with Gasteiger partial charge in [0.1, 0.15) is 12.1 Å². The summed E-state index contributed by atoms with van der Waals surface area (Å²) in [7, 11) is 0. The Balaban J connectivity index is 1.35. The van der Waals surface area contributed by atoms with Crippen molar-refractivity contribution >= 4 is 32.5 Å². The molecular formula is C22H22BrFN4O. The first-order valence-corrected chi connectivity index (χ1v) is 10.7. The van der Waals surface area contributed by atoms with Gasteiger partial charge in [-0.15, -0.1) is 0 Å². The Morgan fingerprint density at radius 3 is 2.59 bits per heavy atom. The molecular weight excluding hydrogens is 435 g/mol. The monoisotopic (exact) mass is 456 g/mol. The molecule has 0 spiro atoms. The molecule has 0 bridgehead atoms. The molecule has 2 aromatic carbocycles. The van der Waals surface area contributed by atoms with E-state index in [0.717, 1.165) is 72.6 Å². The van der Waals surface area contributed by atoms with E-state index in [2.05, 4.69) is 35.7 Å². The molecule has 0 N–H and O–H groups in total.